The van der Waals surface area contributed by atoms with Crippen LogP contribution < -0.4 is 5.56 Å². The molecular weight excluding hydrogens is 252 g/mol. The largest absolute Gasteiger partial charge is 0.477 e. The minimum Gasteiger partial charge on any atom is -0.477 e. The Morgan fingerprint density at radius 1 is 1.61 bits per heavy atom. The van der Waals surface area contributed by atoms with Gasteiger partial charge in [0.25, 0.3) is 5.56 Å². The van der Waals surface area contributed by atoms with Crippen molar-refractivity contribution in [2.45, 2.75) is 26.2 Å². The van der Waals surface area contributed by atoms with Crippen molar-refractivity contribution in [3.8, 4) is 0 Å². The number of carboxylic acids is 1. The molecule has 1 aliphatic rings. The number of aryl methyl sites for hydroxylation is 1. The van der Waals surface area contributed by atoms with Crippen molar-refractivity contribution in [3.05, 3.63) is 32.7 Å². The quantitative estimate of drug-likeness (QED) is 0.848. The van der Waals surface area contributed by atoms with Gasteiger partial charge < -0.3 is 5.11 Å². The van der Waals surface area contributed by atoms with Gasteiger partial charge in [0, 0.05) is 10.6 Å². The molecule has 5 nitrogen and oxygen atoms in total. The van der Waals surface area contributed by atoms with Gasteiger partial charge in [0.2, 0.25) is 0 Å². The average Bonchev–Trinajstić information content (AvgIpc) is 2.67. The van der Waals surface area contributed by atoms with E-state index in [1.54, 1.807) is 0 Å². The molecule has 0 spiro atoms. The van der Waals surface area contributed by atoms with E-state index >= 15 is 0 Å². The summed E-state index contributed by atoms with van der Waals surface area (Å²) < 4.78 is 1.49. The van der Waals surface area contributed by atoms with Crippen LogP contribution in [0.3, 0.4) is 0 Å². The van der Waals surface area contributed by atoms with Gasteiger partial charge in [0.05, 0.1) is 6.20 Å². The fourth-order valence-electron chi connectivity index (χ4n) is 2.40. The smallest absolute Gasteiger partial charge is 0.342 e. The third-order valence-electron chi connectivity index (χ3n) is 3.37. The van der Waals surface area contributed by atoms with Gasteiger partial charge in [0.15, 0.2) is 4.96 Å². The Kier molecular flexibility index (Phi) is 2.48. The molecular formula is C12H12N2O3S. The zero-order valence-electron chi connectivity index (χ0n) is 9.84. The van der Waals surface area contributed by atoms with Crippen molar-refractivity contribution in [2.75, 3.05) is 0 Å². The zero-order valence-corrected chi connectivity index (χ0v) is 10.7. The molecule has 0 aromatic carbocycles. The molecule has 1 N–H and O–H groups in total. The van der Waals surface area contributed by atoms with E-state index in [9.17, 15) is 9.59 Å². The van der Waals surface area contributed by atoms with Crippen LogP contribution in [0.25, 0.3) is 4.96 Å². The highest BCUT2D eigenvalue weighted by molar-refractivity contribution is 7.17. The van der Waals surface area contributed by atoms with E-state index in [-0.39, 0.29) is 5.56 Å². The monoisotopic (exact) mass is 264 g/mol. The maximum atomic E-state index is 12.2. The Hall–Kier alpha value is -1.69. The highest BCUT2D eigenvalue weighted by atomic mass is 32.1. The number of rotatable bonds is 1. The number of aromatic carboxylic acids is 1. The summed E-state index contributed by atoms with van der Waals surface area (Å²) in [5.41, 5.74) is 0.236. The van der Waals surface area contributed by atoms with Gasteiger partial charge in [-0.2, -0.15) is 0 Å². The third kappa shape index (κ3) is 1.56. The van der Waals surface area contributed by atoms with E-state index in [1.807, 2.05) is 0 Å². The number of aromatic nitrogens is 2. The van der Waals surface area contributed by atoms with E-state index in [0.717, 1.165) is 31.2 Å². The second kappa shape index (κ2) is 3.91. The van der Waals surface area contributed by atoms with Crippen LogP contribution in [0.4, 0.5) is 0 Å². The lowest BCUT2D eigenvalue weighted by molar-refractivity contribution is 0.0694. The first-order valence-electron chi connectivity index (χ1n) is 5.83. The number of fused-ring (bicyclic) bond motifs is 3. The fourth-order valence-corrected chi connectivity index (χ4v) is 3.52. The molecule has 0 fully saturated rings. The molecule has 2 aromatic rings. The molecule has 18 heavy (non-hydrogen) atoms. The predicted molar refractivity (Wildman–Crippen MR) is 67.5 cm³/mol. The van der Waals surface area contributed by atoms with Crippen molar-refractivity contribution in [1.29, 1.82) is 0 Å². The van der Waals surface area contributed by atoms with Crippen LogP contribution in [0.1, 0.15) is 34.3 Å². The minimum atomic E-state index is -1.22. The van der Waals surface area contributed by atoms with E-state index in [4.69, 9.17) is 5.11 Å². The Morgan fingerprint density at radius 2 is 2.39 bits per heavy atom. The zero-order chi connectivity index (χ0) is 12.9. The summed E-state index contributed by atoms with van der Waals surface area (Å²) in [5.74, 6) is -0.693. The summed E-state index contributed by atoms with van der Waals surface area (Å²) in [6.45, 7) is 2.14. The second-order valence-electron chi connectivity index (χ2n) is 4.72. The van der Waals surface area contributed by atoms with E-state index < -0.39 is 11.5 Å². The van der Waals surface area contributed by atoms with Crippen molar-refractivity contribution in [3.63, 3.8) is 0 Å². The normalized spacial score (nSPS) is 18.8. The SMILES string of the molecule is C[C@@H]1CCc2sc3ncc(C(=O)O)c(=O)n3c2C1. The molecule has 0 bridgehead atoms. The van der Waals surface area contributed by atoms with Gasteiger partial charge in [-0.3, -0.25) is 9.20 Å². The average molecular weight is 264 g/mol. The Labute approximate surface area is 107 Å². The molecule has 3 rings (SSSR count). The Bertz CT molecular complexity index is 701. The second-order valence-corrected chi connectivity index (χ2v) is 5.78. The van der Waals surface area contributed by atoms with Crippen LogP contribution in [0, 0.1) is 5.92 Å². The molecule has 6 heteroatoms. The highest BCUT2D eigenvalue weighted by Gasteiger charge is 2.23. The van der Waals surface area contributed by atoms with Crippen LogP contribution in [0.15, 0.2) is 11.0 Å². The van der Waals surface area contributed by atoms with Crippen LogP contribution >= 0.6 is 11.3 Å². The fraction of sp³-hybridized carbons (Fsp3) is 0.417. The van der Waals surface area contributed by atoms with E-state index in [2.05, 4.69) is 11.9 Å². The maximum absolute atomic E-state index is 12.2. The molecule has 0 aliphatic heterocycles. The lowest BCUT2D eigenvalue weighted by atomic mass is 9.92. The first-order chi connectivity index (χ1) is 8.58. The molecule has 0 saturated heterocycles. The molecule has 2 heterocycles. The highest BCUT2D eigenvalue weighted by Crippen LogP contribution is 2.30. The summed E-state index contributed by atoms with van der Waals surface area (Å²) in [5, 5.41) is 8.97. The maximum Gasteiger partial charge on any atom is 0.342 e. The number of thiazole rings is 1. The number of carboxylic acid groups (broad SMARTS) is 1. The predicted octanol–water partition coefficient (Wildman–Crippen LogP) is 1.58. The molecule has 0 amide bonds. The van der Waals surface area contributed by atoms with E-state index in [1.165, 1.54) is 20.6 Å². The van der Waals surface area contributed by atoms with Gasteiger partial charge in [-0.05, 0) is 25.2 Å². The molecule has 1 atom stereocenters. The molecule has 94 valence electrons. The Balaban J connectivity index is 2.34. The van der Waals surface area contributed by atoms with Crippen LogP contribution in [-0.4, -0.2) is 20.5 Å². The first-order valence-corrected chi connectivity index (χ1v) is 6.65. The number of carbonyl (C=O) groups is 1. The standard InChI is InChI=1S/C12H12N2O3S/c1-6-2-3-9-8(4-6)14-10(15)7(11(16)17)5-13-12(14)18-9/h5-6H,2-4H2,1H3,(H,16,17)/t6-/m1/s1. The van der Waals surface area contributed by atoms with Crippen molar-refractivity contribution in [2.24, 2.45) is 5.92 Å². The number of hydrogen-bond acceptors (Lipinski definition) is 4. The molecule has 0 saturated carbocycles. The van der Waals surface area contributed by atoms with Crippen LogP contribution in [0.5, 0.6) is 0 Å². The van der Waals surface area contributed by atoms with Crippen LogP contribution in [0.2, 0.25) is 0 Å². The topological polar surface area (TPSA) is 71.7 Å². The van der Waals surface area contributed by atoms with Gasteiger partial charge >= 0.3 is 5.97 Å². The van der Waals surface area contributed by atoms with E-state index in [0.29, 0.717) is 10.9 Å². The summed E-state index contributed by atoms with van der Waals surface area (Å²) in [4.78, 5) is 29.0. The lowest BCUT2D eigenvalue weighted by Gasteiger charge is -2.17. The summed E-state index contributed by atoms with van der Waals surface area (Å²) in [7, 11) is 0. The van der Waals surface area contributed by atoms with Gasteiger partial charge in [-0.1, -0.05) is 6.92 Å². The lowest BCUT2D eigenvalue weighted by Crippen LogP contribution is -2.25. The summed E-state index contributed by atoms with van der Waals surface area (Å²) >= 11 is 1.50. The van der Waals surface area contributed by atoms with Crippen molar-refractivity contribution >= 4 is 22.3 Å². The molecule has 0 radical (unpaired) electrons. The van der Waals surface area contributed by atoms with Gasteiger partial charge in [0.1, 0.15) is 5.56 Å². The molecule has 2 aromatic heterocycles. The van der Waals surface area contributed by atoms with Gasteiger partial charge in [-0.15, -0.1) is 11.3 Å². The Morgan fingerprint density at radius 3 is 3.11 bits per heavy atom. The summed E-state index contributed by atoms with van der Waals surface area (Å²) in [6.07, 6.45) is 4.04. The summed E-state index contributed by atoms with van der Waals surface area (Å²) in [6, 6.07) is 0. The molecule has 1 aliphatic carbocycles. The number of hydrogen-bond donors (Lipinski definition) is 1. The first kappa shape index (κ1) is 11.4. The number of nitrogens with zero attached hydrogens (tertiary/aromatic N) is 2. The third-order valence-corrected chi connectivity index (χ3v) is 4.53. The molecule has 0 unspecified atom stereocenters. The minimum absolute atomic E-state index is 0.258. The van der Waals surface area contributed by atoms with Crippen molar-refractivity contribution in [1.82, 2.24) is 9.38 Å². The van der Waals surface area contributed by atoms with Crippen LogP contribution in [-0.2, 0) is 12.8 Å². The van der Waals surface area contributed by atoms with Crippen molar-refractivity contribution < 1.29 is 9.90 Å². The van der Waals surface area contributed by atoms with Gasteiger partial charge in [-0.25, -0.2) is 9.78 Å².